The first kappa shape index (κ1) is 26.8. The Bertz CT molecular complexity index is 1690. The van der Waals surface area contributed by atoms with Gasteiger partial charge >= 0.3 is 5.97 Å². The second-order valence-corrected chi connectivity index (χ2v) is 10.9. The Balaban J connectivity index is 1.42. The average molecular weight is 529 g/mol. The van der Waals surface area contributed by atoms with Crippen LogP contribution in [0.1, 0.15) is 58.2 Å². The lowest BCUT2D eigenvalue weighted by atomic mass is 9.79. The highest BCUT2D eigenvalue weighted by molar-refractivity contribution is 6.10. The summed E-state index contributed by atoms with van der Waals surface area (Å²) in [7, 11) is 0. The number of rotatable bonds is 6. The summed E-state index contributed by atoms with van der Waals surface area (Å²) < 4.78 is 5.47. The SMILES string of the molecule is Cc1ccc(C(C)(C)C)c(C(=O)Nc2ccc3cc(C(=O)OCc4ccccc4)ccc3n2)c1-c1ccccc1. The van der Waals surface area contributed by atoms with E-state index in [1.165, 1.54) is 0 Å². The molecule has 200 valence electrons. The van der Waals surface area contributed by atoms with Gasteiger partial charge in [-0.05, 0) is 70.5 Å². The molecule has 0 radical (unpaired) electrons. The highest BCUT2D eigenvalue weighted by Gasteiger charge is 2.26. The third-order valence-corrected chi connectivity index (χ3v) is 6.89. The second-order valence-electron chi connectivity index (χ2n) is 10.9. The zero-order chi connectivity index (χ0) is 28.3. The Morgan fingerprint density at radius 1 is 0.825 bits per heavy atom. The van der Waals surface area contributed by atoms with E-state index in [0.29, 0.717) is 22.5 Å². The summed E-state index contributed by atoms with van der Waals surface area (Å²) >= 11 is 0. The number of pyridine rings is 1. The van der Waals surface area contributed by atoms with Crippen LogP contribution in [0.2, 0.25) is 0 Å². The molecule has 0 aliphatic rings. The number of nitrogens with one attached hydrogen (secondary N) is 1. The van der Waals surface area contributed by atoms with Gasteiger partial charge in [-0.3, -0.25) is 4.79 Å². The fourth-order valence-electron chi connectivity index (χ4n) is 4.85. The van der Waals surface area contributed by atoms with Gasteiger partial charge < -0.3 is 10.1 Å². The van der Waals surface area contributed by atoms with E-state index in [0.717, 1.165) is 33.2 Å². The number of nitrogens with zero attached hydrogens (tertiary/aromatic N) is 1. The highest BCUT2D eigenvalue weighted by Crippen LogP contribution is 2.36. The topological polar surface area (TPSA) is 68.3 Å². The lowest BCUT2D eigenvalue weighted by molar-refractivity contribution is 0.0473. The Morgan fingerprint density at radius 2 is 1.52 bits per heavy atom. The van der Waals surface area contributed by atoms with Crippen LogP contribution < -0.4 is 5.32 Å². The van der Waals surface area contributed by atoms with Gasteiger partial charge in [-0.1, -0.05) is 93.6 Å². The number of anilines is 1. The fraction of sp³-hybridized carbons (Fsp3) is 0.171. The summed E-state index contributed by atoms with van der Waals surface area (Å²) in [6, 6.07) is 32.5. The van der Waals surface area contributed by atoms with Crippen LogP contribution in [0.15, 0.2) is 103 Å². The van der Waals surface area contributed by atoms with E-state index in [4.69, 9.17) is 4.74 Å². The summed E-state index contributed by atoms with van der Waals surface area (Å²) in [5.74, 6) is -0.163. The number of aryl methyl sites for hydroxylation is 1. The average Bonchev–Trinajstić information content (AvgIpc) is 2.95. The lowest BCUT2D eigenvalue weighted by Crippen LogP contribution is -2.23. The molecule has 0 bridgehead atoms. The Labute approximate surface area is 234 Å². The van der Waals surface area contributed by atoms with Crippen LogP contribution in [-0.4, -0.2) is 16.9 Å². The number of carbonyl (C=O) groups excluding carboxylic acids is 2. The van der Waals surface area contributed by atoms with Crippen LogP contribution in [0, 0.1) is 6.92 Å². The van der Waals surface area contributed by atoms with Crippen LogP contribution >= 0.6 is 0 Å². The van der Waals surface area contributed by atoms with Crippen molar-refractivity contribution >= 4 is 28.6 Å². The number of amides is 1. The van der Waals surface area contributed by atoms with Gasteiger partial charge in [0.15, 0.2) is 0 Å². The van der Waals surface area contributed by atoms with Crippen LogP contribution in [-0.2, 0) is 16.8 Å². The Hall–Kier alpha value is -4.77. The quantitative estimate of drug-likeness (QED) is 0.226. The molecular weight excluding hydrogens is 496 g/mol. The van der Waals surface area contributed by atoms with Gasteiger partial charge in [-0.25, -0.2) is 9.78 Å². The van der Waals surface area contributed by atoms with Gasteiger partial charge in [0.1, 0.15) is 12.4 Å². The smallest absolute Gasteiger partial charge is 0.338 e. The first-order valence-electron chi connectivity index (χ1n) is 13.3. The van der Waals surface area contributed by atoms with Gasteiger partial charge in [0.05, 0.1) is 16.6 Å². The van der Waals surface area contributed by atoms with Crippen LogP contribution in [0.5, 0.6) is 0 Å². The molecule has 1 amide bonds. The maximum Gasteiger partial charge on any atom is 0.338 e. The molecule has 5 nitrogen and oxygen atoms in total. The number of esters is 1. The van der Waals surface area contributed by atoms with Crippen molar-refractivity contribution in [3.05, 3.63) is 131 Å². The van der Waals surface area contributed by atoms with E-state index >= 15 is 0 Å². The largest absolute Gasteiger partial charge is 0.457 e. The molecule has 5 heteroatoms. The molecule has 0 saturated carbocycles. The molecule has 0 unspecified atom stereocenters. The number of ether oxygens (including phenoxy) is 1. The van der Waals surface area contributed by atoms with E-state index in [1.807, 2.05) is 79.7 Å². The van der Waals surface area contributed by atoms with E-state index in [2.05, 4.69) is 37.1 Å². The van der Waals surface area contributed by atoms with Crippen molar-refractivity contribution in [2.45, 2.75) is 39.7 Å². The number of fused-ring (bicyclic) bond motifs is 1. The molecule has 5 rings (SSSR count). The number of carbonyl (C=O) groups is 2. The maximum atomic E-state index is 13.9. The first-order chi connectivity index (χ1) is 19.2. The van der Waals surface area contributed by atoms with Crippen molar-refractivity contribution in [1.82, 2.24) is 4.98 Å². The van der Waals surface area contributed by atoms with E-state index in [-0.39, 0.29) is 17.9 Å². The molecule has 1 aromatic heterocycles. The molecular formula is C35H32N2O3. The zero-order valence-electron chi connectivity index (χ0n) is 23.2. The van der Waals surface area contributed by atoms with Crippen molar-refractivity contribution in [1.29, 1.82) is 0 Å². The molecule has 0 spiro atoms. The minimum absolute atomic E-state index is 0.208. The van der Waals surface area contributed by atoms with Crippen molar-refractivity contribution < 1.29 is 14.3 Å². The first-order valence-corrected chi connectivity index (χ1v) is 13.3. The number of aromatic nitrogens is 1. The monoisotopic (exact) mass is 528 g/mol. The molecule has 5 aromatic rings. The summed E-state index contributed by atoms with van der Waals surface area (Å²) in [6.07, 6.45) is 0. The van der Waals surface area contributed by atoms with Crippen LogP contribution in [0.4, 0.5) is 5.82 Å². The summed E-state index contributed by atoms with van der Waals surface area (Å²) in [4.78, 5) is 31.2. The highest BCUT2D eigenvalue weighted by atomic mass is 16.5. The third kappa shape index (κ3) is 5.79. The van der Waals surface area contributed by atoms with Crippen molar-refractivity contribution in [2.75, 3.05) is 5.32 Å². The van der Waals surface area contributed by atoms with E-state index < -0.39 is 5.97 Å². The minimum Gasteiger partial charge on any atom is -0.457 e. The molecule has 40 heavy (non-hydrogen) atoms. The van der Waals surface area contributed by atoms with E-state index in [1.54, 1.807) is 24.3 Å². The standard InChI is InChI=1S/C35H32N2O3/c1-23-15-18-28(35(2,3)4)32(31(23)25-13-9-6-10-14-25)33(38)37-30-20-17-26-21-27(16-19-29(26)36-30)34(39)40-22-24-11-7-5-8-12-24/h5-21H,22H2,1-4H3,(H,36,37,38). The lowest BCUT2D eigenvalue weighted by Gasteiger charge is -2.26. The zero-order valence-corrected chi connectivity index (χ0v) is 23.2. The second kappa shape index (κ2) is 11.1. The summed E-state index contributed by atoms with van der Waals surface area (Å²) in [6.45, 7) is 8.57. The van der Waals surface area contributed by atoms with Crippen molar-refractivity contribution in [2.24, 2.45) is 0 Å². The van der Waals surface area contributed by atoms with Gasteiger partial charge in [0.2, 0.25) is 0 Å². The molecule has 4 aromatic carbocycles. The summed E-state index contributed by atoms with van der Waals surface area (Å²) in [5, 5.41) is 3.82. The normalized spacial score (nSPS) is 11.3. The predicted octanol–water partition coefficient (Wildman–Crippen LogP) is 8.12. The number of hydrogen-bond donors (Lipinski definition) is 1. The molecule has 1 N–H and O–H groups in total. The van der Waals surface area contributed by atoms with Gasteiger partial charge in [-0.2, -0.15) is 0 Å². The van der Waals surface area contributed by atoms with Gasteiger partial charge in [0, 0.05) is 5.39 Å². The van der Waals surface area contributed by atoms with Gasteiger partial charge in [0.25, 0.3) is 5.91 Å². The predicted molar refractivity (Wildman–Crippen MR) is 161 cm³/mol. The van der Waals surface area contributed by atoms with Crippen LogP contribution in [0.25, 0.3) is 22.0 Å². The molecule has 0 aliphatic heterocycles. The van der Waals surface area contributed by atoms with Gasteiger partial charge in [-0.15, -0.1) is 0 Å². The fourth-order valence-corrected chi connectivity index (χ4v) is 4.85. The minimum atomic E-state index is -0.397. The van der Waals surface area contributed by atoms with Crippen molar-refractivity contribution in [3.63, 3.8) is 0 Å². The summed E-state index contributed by atoms with van der Waals surface area (Å²) in [5.41, 5.74) is 6.36. The number of benzene rings is 4. The van der Waals surface area contributed by atoms with Crippen LogP contribution in [0.3, 0.4) is 0 Å². The number of hydrogen-bond acceptors (Lipinski definition) is 4. The third-order valence-electron chi connectivity index (χ3n) is 6.89. The van der Waals surface area contributed by atoms with E-state index in [9.17, 15) is 9.59 Å². The molecule has 0 aliphatic carbocycles. The maximum absolute atomic E-state index is 13.9. The molecule has 0 fully saturated rings. The Morgan fingerprint density at radius 3 is 2.23 bits per heavy atom. The van der Waals surface area contributed by atoms with Crippen molar-refractivity contribution in [3.8, 4) is 11.1 Å². The molecule has 1 heterocycles. The molecule has 0 atom stereocenters. The molecule has 0 saturated heterocycles. The Kier molecular flexibility index (Phi) is 7.47.